The fourth-order valence-corrected chi connectivity index (χ4v) is 3.65. The molecule has 0 N–H and O–H groups in total. The van der Waals surface area contributed by atoms with Crippen LogP contribution in [0.2, 0.25) is 0 Å². The van der Waals surface area contributed by atoms with Gasteiger partial charge in [0.1, 0.15) is 6.42 Å². The van der Waals surface area contributed by atoms with E-state index in [1.165, 1.54) is 0 Å². The molecule has 116 valence electrons. The van der Waals surface area contributed by atoms with E-state index in [1.807, 2.05) is 62.7 Å². The van der Waals surface area contributed by atoms with Gasteiger partial charge in [-0.3, -0.25) is 0 Å². The summed E-state index contributed by atoms with van der Waals surface area (Å²) in [5.74, 6) is 0. The van der Waals surface area contributed by atoms with E-state index < -0.39 is 10.0 Å². The number of unbranched alkanes of at least 4 members (excludes halogenated alkanes) is 1. The highest BCUT2D eigenvalue weighted by atomic mass is 32.2. The Hall–Kier alpha value is -1.78. The first-order valence-electron chi connectivity index (χ1n) is 7.42. The van der Waals surface area contributed by atoms with Crippen LogP contribution in [0.5, 0.6) is 0 Å². The molecule has 2 rings (SSSR count). The first-order chi connectivity index (χ1) is 10.5. The van der Waals surface area contributed by atoms with E-state index in [4.69, 9.17) is 0 Å². The fourth-order valence-electron chi connectivity index (χ4n) is 2.20. The van der Waals surface area contributed by atoms with Crippen LogP contribution in [0.4, 0.5) is 0 Å². The predicted molar refractivity (Wildman–Crippen MR) is 89.8 cm³/mol. The Morgan fingerprint density at radius 3 is 2.23 bits per heavy atom. The van der Waals surface area contributed by atoms with E-state index in [-0.39, 0.29) is 0 Å². The van der Waals surface area contributed by atoms with Gasteiger partial charge in [0.25, 0.3) is 0 Å². The summed E-state index contributed by atoms with van der Waals surface area (Å²) in [6, 6.07) is 16.7. The van der Waals surface area contributed by atoms with Gasteiger partial charge in [-0.2, -0.15) is 4.31 Å². The molecule has 0 radical (unpaired) electrons. The van der Waals surface area contributed by atoms with Crippen LogP contribution in [0, 0.1) is 13.3 Å². The standard InChI is InChI=1S/C18H22NO2S/c1-3-4-14-19(15-17-8-6-5-7-9-17)22(20,21)18-12-10-16(2)11-13-18/h3,5-13H,4,14-15H2,1-2H3/q+1. The summed E-state index contributed by atoms with van der Waals surface area (Å²) in [4.78, 5) is 0.352. The van der Waals surface area contributed by atoms with Gasteiger partial charge < -0.3 is 0 Å². The van der Waals surface area contributed by atoms with E-state index in [0.29, 0.717) is 18.0 Å². The zero-order chi connectivity index (χ0) is 16.0. The van der Waals surface area contributed by atoms with Gasteiger partial charge in [-0.1, -0.05) is 48.0 Å². The molecule has 0 amide bonds. The van der Waals surface area contributed by atoms with Crippen molar-refractivity contribution in [1.29, 1.82) is 0 Å². The van der Waals surface area contributed by atoms with Crippen molar-refractivity contribution in [2.75, 3.05) is 6.54 Å². The molecular formula is C18H22NO2S+. The highest BCUT2D eigenvalue weighted by molar-refractivity contribution is 7.89. The van der Waals surface area contributed by atoms with Crippen LogP contribution in [0.3, 0.4) is 0 Å². The van der Waals surface area contributed by atoms with Crippen molar-refractivity contribution in [3.05, 3.63) is 72.1 Å². The van der Waals surface area contributed by atoms with Gasteiger partial charge >= 0.3 is 0 Å². The van der Waals surface area contributed by atoms with Gasteiger partial charge in [-0.05, 0) is 24.6 Å². The van der Waals surface area contributed by atoms with Crippen molar-refractivity contribution in [2.45, 2.75) is 31.7 Å². The number of rotatable bonds is 7. The highest BCUT2D eigenvalue weighted by Gasteiger charge is 2.24. The number of aryl methyl sites for hydroxylation is 1. The Morgan fingerprint density at radius 2 is 1.64 bits per heavy atom. The lowest BCUT2D eigenvalue weighted by Gasteiger charge is -2.21. The minimum atomic E-state index is -3.47. The smallest absolute Gasteiger partial charge is 0.207 e. The van der Waals surface area contributed by atoms with Crippen molar-refractivity contribution >= 4 is 10.0 Å². The summed E-state index contributed by atoms with van der Waals surface area (Å²) in [7, 11) is -3.47. The molecular weight excluding hydrogens is 294 g/mol. The van der Waals surface area contributed by atoms with Crippen molar-refractivity contribution in [3.63, 3.8) is 0 Å². The average Bonchev–Trinajstić information content (AvgIpc) is 2.52. The van der Waals surface area contributed by atoms with E-state index in [0.717, 1.165) is 17.5 Å². The topological polar surface area (TPSA) is 37.4 Å². The summed E-state index contributed by atoms with van der Waals surface area (Å²) in [6.45, 7) is 4.77. The van der Waals surface area contributed by atoms with E-state index in [2.05, 4.69) is 0 Å². The lowest BCUT2D eigenvalue weighted by molar-refractivity contribution is 0.408. The summed E-state index contributed by atoms with van der Waals surface area (Å²) in [5, 5.41) is 0. The first-order valence-corrected chi connectivity index (χ1v) is 8.86. The normalized spacial score (nSPS) is 11.6. The molecule has 2 aromatic rings. The molecule has 0 aliphatic rings. The van der Waals surface area contributed by atoms with Crippen molar-refractivity contribution in [3.8, 4) is 0 Å². The van der Waals surface area contributed by atoms with Crippen LogP contribution in [0.25, 0.3) is 0 Å². The van der Waals surface area contributed by atoms with Crippen molar-refractivity contribution < 1.29 is 8.42 Å². The lowest BCUT2D eigenvalue weighted by atomic mass is 10.2. The summed E-state index contributed by atoms with van der Waals surface area (Å²) in [6.07, 6.45) is 2.72. The molecule has 0 aliphatic heterocycles. The van der Waals surface area contributed by atoms with Crippen LogP contribution in [0.15, 0.2) is 59.5 Å². The van der Waals surface area contributed by atoms with E-state index in [1.54, 1.807) is 16.4 Å². The molecule has 2 aromatic carbocycles. The van der Waals surface area contributed by atoms with Crippen molar-refractivity contribution in [1.82, 2.24) is 4.31 Å². The van der Waals surface area contributed by atoms with E-state index >= 15 is 0 Å². The summed E-state index contributed by atoms with van der Waals surface area (Å²) < 4.78 is 27.3. The minimum absolute atomic E-state index is 0.352. The van der Waals surface area contributed by atoms with Crippen LogP contribution < -0.4 is 0 Å². The largest absolute Gasteiger partial charge is 0.243 e. The molecule has 0 heterocycles. The van der Waals surface area contributed by atoms with Gasteiger partial charge in [-0.15, -0.1) is 0 Å². The number of hydrogen-bond donors (Lipinski definition) is 0. The Bertz CT molecular complexity index is 679. The van der Waals surface area contributed by atoms with Gasteiger partial charge in [0.15, 0.2) is 0 Å². The molecule has 0 spiro atoms. The van der Waals surface area contributed by atoms with Gasteiger partial charge in [0, 0.05) is 6.54 Å². The highest BCUT2D eigenvalue weighted by Crippen LogP contribution is 2.19. The second-order valence-corrected chi connectivity index (χ2v) is 7.27. The Labute approximate surface area is 133 Å². The summed E-state index contributed by atoms with van der Waals surface area (Å²) in [5.41, 5.74) is 2.05. The minimum Gasteiger partial charge on any atom is -0.207 e. The van der Waals surface area contributed by atoms with Crippen LogP contribution in [0.1, 0.15) is 24.5 Å². The number of hydrogen-bond acceptors (Lipinski definition) is 2. The lowest BCUT2D eigenvalue weighted by Crippen LogP contribution is -2.31. The zero-order valence-electron chi connectivity index (χ0n) is 13.1. The molecule has 4 heteroatoms. The maximum Gasteiger partial charge on any atom is 0.243 e. The number of benzene rings is 2. The van der Waals surface area contributed by atoms with E-state index in [9.17, 15) is 8.42 Å². The monoisotopic (exact) mass is 316 g/mol. The number of nitrogens with zero attached hydrogens (tertiary/aromatic N) is 1. The molecule has 0 saturated heterocycles. The van der Waals surface area contributed by atoms with Gasteiger partial charge in [0.05, 0.1) is 24.8 Å². The molecule has 0 aromatic heterocycles. The Kier molecular flexibility index (Phi) is 5.63. The van der Waals surface area contributed by atoms with Gasteiger partial charge in [-0.25, -0.2) is 8.42 Å². The third kappa shape index (κ3) is 4.12. The maximum atomic E-state index is 12.9. The second kappa shape index (κ2) is 7.47. The van der Waals surface area contributed by atoms with Crippen LogP contribution >= 0.6 is 0 Å². The van der Waals surface area contributed by atoms with Crippen LogP contribution in [-0.4, -0.2) is 19.3 Å². The second-order valence-electron chi connectivity index (χ2n) is 5.33. The average molecular weight is 316 g/mol. The molecule has 0 unspecified atom stereocenters. The zero-order valence-corrected chi connectivity index (χ0v) is 13.9. The SMILES string of the molecule is C[CH+]CCN(Cc1ccccc1)S(=O)(=O)c1ccc(C)cc1. The third-order valence-electron chi connectivity index (χ3n) is 3.53. The van der Waals surface area contributed by atoms with Crippen molar-refractivity contribution in [2.24, 2.45) is 0 Å². The molecule has 3 nitrogen and oxygen atoms in total. The number of sulfonamides is 1. The molecule has 0 saturated carbocycles. The van der Waals surface area contributed by atoms with Gasteiger partial charge in [0.2, 0.25) is 10.0 Å². The molecule has 0 aliphatic carbocycles. The third-order valence-corrected chi connectivity index (χ3v) is 5.39. The maximum absolute atomic E-state index is 12.9. The Balaban J connectivity index is 2.28. The quantitative estimate of drug-likeness (QED) is 0.729. The summed E-state index contributed by atoms with van der Waals surface area (Å²) >= 11 is 0. The molecule has 0 atom stereocenters. The Morgan fingerprint density at radius 1 is 1.00 bits per heavy atom. The fraction of sp³-hybridized carbons (Fsp3) is 0.278. The first kappa shape index (κ1) is 16.6. The molecule has 0 fully saturated rings. The predicted octanol–water partition coefficient (Wildman–Crippen LogP) is 3.80. The molecule has 0 bridgehead atoms. The van der Waals surface area contributed by atoms with Crippen LogP contribution in [-0.2, 0) is 16.6 Å². The molecule has 22 heavy (non-hydrogen) atoms.